The minimum Gasteiger partial charge on any atom is -0.465 e. The van der Waals surface area contributed by atoms with E-state index in [1.807, 2.05) is 0 Å². The largest absolute Gasteiger partial charge is 0.465 e. The fourth-order valence-electron chi connectivity index (χ4n) is 4.68. The summed E-state index contributed by atoms with van der Waals surface area (Å²) in [6, 6.07) is 0. The molecule has 5 atom stereocenters. The third-order valence-electron chi connectivity index (χ3n) is 6.43. The van der Waals surface area contributed by atoms with E-state index in [0.29, 0.717) is 0 Å². The Morgan fingerprint density at radius 3 is 2.33 bits per heavy atom. The van der Waals surface area contributed by atoms with Gasteiger partial charge in [0.25, 0.3) is 0 Å². The zero-order chi connectivity index (χ0) is 15.8. The number of ether oxygens (including phenoxy) is 1. The Labute approximate surface area is 122 Å². The van der Waals surface area contributed by atoms with Crippen molar-refractivity contribution >= 4 is 17.5 Å². The molecule has 0 amide bonds. The van der Waals surface area contributed by atoms with Gasteiger partial charge in [0.05, 0.1) is 11.8 Å². The fourth-order valence-corrected chi connectivity index (χ4v) is 4.68. The Kier molecular flexibility index (Phi) is 2.60. The first-order chi connectivity index (χ1) is 9.53. The van der Waals surface area contributed by atoms with Crippen LogP contribution < -0.4 is 0 Å². The number of ketones is 2. The van der Waals surface area contributed by atoms with Crippen molar-refractivity contribution in [2.45, 2.75) is 51.2 Å². The van der Waals surface area contributed by atoms with E-state index in [9.17, 15) is 24.6 Å². The molecule has 0 aromatic carbocycles. The Hall–Kier alpha value is -1.27. The van der Waals surface area contributed by atoms with Crippen molar-refractivity contribution in [3.05, 3.63) is 0 Å². The lowest BCUT2D eigenvalue weighted by Crippen LogP contribution is -2.75. The second-order valence-corrected chi connectivity index (χ2v) is 7.24. The van der Waals surface area contributed by atoms with Gasteiger partial charge in [-0.1, -0.05) is 6.92 Å². The molecule has 2 bridgehead atoms. The molecule has 2 saturated carbocycles. The van der Waals surface area contributed by atoms with Crippen molar-refractivity contribution in [1.82, 2.24) is 0 Å². The third-order valence-corrected chi connectivity index (χ3v) is 6.43. The lowest BCUT2D eigenvalue weighted by atomic mass is 9.46. The van der Waals surface area contributed by atoms with Crippen molar-refractivity contribution in [1.29, 1.82) is 0 Å². The second kappa shape index (κ2) is 3.73. The second-order valence-electron chi connectivity index (χ2n) is 7.24. The summed E-state index contributed by atoms with van der Waals surface area (Å²) in [6.07, 6.45) is -0.259. The summed E-state index contributed by atoms with van der Waals surface area (Å²) < 4.78 is 5.13. The van der Waals surface area contributed by atoms with Crippen molar-refractivity contribution in [2.24, 2.45) is 16.7 Å². The summed E-state index contributed by atoms with van der Waals surface area (Å²) >= 11 is 0. The highest BCUT2D eigenvalue weighted by atomic mass is 16.5. The molecule has 2 N–H and O–H groups in total. The lowest BCUT2D eigenvalue weighted by Gasteiger charge is -2.59. The molecule has 1 heterocycles. The van der Waals surface area contributed by atoms with Crippen LogP contribution in [0.2, 0.25) is 0 Å². The molecular weight excluding hydrogens is 276 g/mol. The van der Waals surface area contributed by atoms with Crippen molar-refractivity contribution in [3.8, 4) is 0 Å². The predicted octanol–water partition coefficient (Wildman–Crippen LogP) is -0.0102. The molecule has 1 aliphatic heterocycles. The summed E-state index contributed by atoms with van der Waals surface area (Å²) in [5, 5.41) is 22.0. The van der Waals surface area contributed by atoms with Crippen LogP contribution in [0.5, 0.6) is 0 Å². The molecule has 0 aromatic rings. The first kappa shape index (κ1) is 14.7. The number of aliphatic hydroxyl groups is 2. The number of carbonyl (C=O) groups excluding carboxylic acids is 3. The maximum absolute atomic E-state index is 12.6. The van der Waals surface area contributed by atoms with Gasteiger partial charge in [-0.05, 0) is 19.8 Å². The van der Waals surface area contributed by atoms with Crippen molar-refractivity contribution < 1.29 is 29.3 Å². The van der Waals surface area contributed by atoms with Crippen LogP contribution in [0.25, 0.3) is 0 Å². The Bertz CT molecular complexity index is 567. The summed E-state index contributed by atoms with van der Waals surface area (Å²) in [4.78, 5) is 37.0. The molecule has 3 aliphatic rings. The van der Waals surface area contributed by atoms with E-state index in [4.69, 9.17) is 4.74 Å². The minimum atomic E-state index is -1.93. The molecule has 0 radical (unpaired) electrons. The topological polar surface area (TPSA) is 101 Å². The highest BCUT2D eigenvalue weighted by Crippen LogP contribution is 2.67. The summed E-state index contributed by atoms with van der Waals surface area (Å²) in [5.74, 6) is -1.72. The van der Waals surface area contributed by atoms with Crippen LogP contribution in [-0.4, -0.2) is 45.6 Å². The van der Waals surface area contributed by atoms with Gasteiger partial charge in [-0.3, -0.25) is 14.4 Å². The molecule has 21 heavy (non-hydrogen) atoms. The molecule has 2 aliphatic carbocycles. The van der Waals surface area contributed by atoms with Crippen LogP contribution in [0.15, 0.2) is 0 Å². The molecule has 0 unspecified atom stereocenters. The molecule has 0 spiro atoms. The first-order valence-corrected chi connectivity index (χ1v) is 7.20. The molecule has 3 fully saturated rings. The van der Waals surface area contributed by atoms with Gasteiger partial charge in [-0.15, -0.1) is 0 Å². The van der Waals surface area contributed by atoms with Crippen LogP contribution >= 0.6 is 0 Å². The fraction of sp³-hybridized carbons (Fsp3) is 0.800. The van der Waals surface area contributed by atoms with Crippen LogP contribution in [0.4, 0.5) is 0 Å². The van der Waals surface area contributed by atoms with E-state index >= 15 is 0 Å². The van der Waals surface area contributed by atoms with Gasteiger partial charge in [0.2, 0.25) is 0 Å². The molecular formula is C15H20O6. The highest BCUT2D eigenvalue weighted by Gasteiger charge is 2.80. The zero-order valence-electron chi connectivity index (χ0n) is 12.4. The quantitative estimate of drug-likeness (QED) is 0.610. The van der Waals surface area contributed by atoms with Gasteiger partial charge in [0.15, 0.2) is 11.6 Å². The highest BCUT2D eigenvalue weighted by molar-refractivity contribution is 6.01. The van der Waals surface area contributed by atoms with Crippen LogP contribution in [0.3, 0.4) is 0 Å². The molecule has 1 saturated heterocycles. The summed E-state index contributed by atoms with van der Waals surface area (Å²) in [7, 11) is 0. The van der Waals surface area contributed by atoms with E-state index in [1.54, 1.807) is 6.92 Å². The number of hydrogen-bond donors (Lipinski definition) is 2. The summed E-state index contributed by atoms with van der Waals surface area (Å²) in [5.41, 5.74) is -6.56. The van der Waals surface area contributed by atoms with E-state index in [-0.39, 0.29) is 31.8 Å². The van der Waals surface area contributed by atoms with Crippen molar-refractivity contribution in [2.75, 3.05) is 6.61 Å². The lowest BCUT2D eigenvalue weighted by molar-refractivity contribution is -0.242. The maximum atomic E-state index is 12.6. The third kappa shape index (κ3) is 1.29. The molecule has 0 aromatic heterocycles. The van der Waals surface area contributed by atoms with Crippen LogP contribution in [-0.2, 0) is 19.1 Å². The number of hydrogen-bond acceptors (Lipinski definition) is 6. The van der Waals surface area contributed by atoms with Gasteiger partial charge < -0.3 is 14.9 Å². The molecule has 3 rings (SSSR count). The van der Waals surface area contributed by atoms with E-state index in [2.05, 4.69) is 0 Å². The Balaban J connectivity index is 2.35. The maximum Gasteiger partial charge on any atom is 0.306 e. The Morgan fingerprint density at radius 2 is 1.71 bits per heavy atom. The zero-order valence-corrected chi connectivity index (χ0v) is 12.4. The number of cyclic esters (lactones) is 1. The average molecular weight is 296 g/mol. The minimum absolute atomic E-state index is 0.0999. The van der Waals surface area contributed by atoms with Gasteiger partial charge >= 0.3 is 5.97 Å². The number of esters is 1. The average Bonchev–Trinajstić information content (AvgIpc) is 2.52. The summed E-state index contributed by atoms with van der Waals surface area (Å²) in [6.45, 7) is 4.18. The molecule has 6 heteroatoms. The monoisotopic (exact) mass is 296 g/mol. The molecule has 116 valence electrons. The van der Waals surface area contributed by atoms with Crippen LogP contribution in [0, 0.1) is 16.7 Å². The van der Waals surface area contributed by atoms with Crippen molar-refractivity contribution in [3.63, 3.8) is 0 Å². The van der Waals surface area contributed by atoms with E-state index in [0.717, 1.165) is 0 Å². The standard InChI is InChI=1S/C15H20O6/c1-8-4-9(16)15(20)12(2)7-21-11(18)6-14(8,15)5-10(17)13(12,3)19/h8,19-20H,4-7H2,1-3H3/t8-,12+,13+,14-,15+/m1/s1. The van der Waals surface area contributed by atoms with Gasteiger partial charge in [0.1, 0.15) is 17.8 Å². The normalized spacial score (nSPS) is 53.2. The Morgan fingerprint density at radius 1 is 1.10 bits per heavy atom. The number of Topliss-reactive ketones (excluding diaryl/α,β-unsaturated/α-hetero) is 2. The first-order valence-electron chi connectivity index (χ1n) is 7.20. The van der Waals surface area contributed by atoms with Gasteiger partial charge in [-0.2, -0.15) is 0 Å². The van der Waals surface area contributed by atoms with Gasteiger partial charge in [-0.25, -0.2) is 0 Å². The van der Waals surface area contributed by atoms with Crippen LogP contribution in [0.1, 0.15) is 40.0 Å². The van der Waals surface area contributed by atoms with E-state index < -0.39 is 39.6 Å². The number of carbonyl (C=O) groups is 3. The SMILES string of the molecule is C[C@@H]1CC(=O)[C@@]2(O)[C@]13CC(=O)OC[C@@]2(C)[C@@](C)(O)C(=O)C3. The number of rotatable bonds is 0. The van der Waals surface area contributed by atoms with E-state index in [1.165, 1.54) is 13.8 Å². The molecule has 6 nitrogen and oxygen atoms in total. The predicted molar refractivity (Wildman–Crippen MR) is 70.1 cm³/mol. The van der Waals surface area contributed by atoms with Gasteiger partial charge in [0, 0.05) is 18.3 Å². The smallest absolute Gasteiger partial charge is 0.306 e.